The molecule has 1 aromatic heterocycles. The molecule has 2 heterocycles. The van der Waals surface area contributed by atoms with Crippen molar-refractivity contribution in [2.75, 3.05) is 52.3 Å². The molecule has 0 atom stereocenters. The Morgan fingerprint density at radius 2 is 1.66 bits per heavy atom. The Bertz CT molecular complexity index is 1240. The van der Waals surface area contributed by atoms with Crippen molar-refractivity contribution < 1.29 is 32.5 Å². The zero-order valence-electron chi connectivity index (χ0n) is 21.3. The summed E-state index contributed by atoms with van der Waals surface area (Å²) < 4.78 is 50.1. The molecule has 202 valence electrons. The molecular weight excluding hydrogens is 500 g/mol. The van der Waals surface area contributed by atoms with Gasteiger partial charge in [0.25, 0.3) is 5.91 Å². The van der Waals surface area contributed by atoms with Crippen LogP contribution in [0.4, 0.5) is 20.4 Å². The molecule has 4 rings (SSSR count). The van der Waals surface area contributed by atoms with Crippen molar-refractivity contribution >= 4 is 17.5 Å². The third-order valence-corrected chi connectivity index (χ3v) is 5.93. The van der Waals surface area contributed by atoms with Crippen LogP contribution in [0.2, 0.25) is 0 Å². The zero-order valence-corrected chi connectivity index (χ0v) is 21.3. The Hall–Kier alpha value is -4.19. The number of hydrogen-bond acceptors (Lipinski definition) is 9. The Kier molecular flexibility index (Phi) is 8.74. The molecule has 0 saturated carbocycles. The van der Waals surface area contributed by atoms with Gasteiger partial charge in [-0.25, -0.2) is 18.7 Å². The second-order valence-electron chi connectivity index (χ2n) is 8.44. The highest BCUT2D eigenvalue weighted by atomic mass is 19.1. The van der Waals surface area contributed by atoms with Gasteiger partial charge in [0.1, 0.15) is 12.4 Å². The molecular formula is C26H29F2N5O5. The molecule has 38 heavy (non-hydrogen) atoms. The van der Waals surface area contributed by atoms with Gasteiger partial charge in [-0.15, -0.1) is 0 Å². The molecule has 0 spiro atoms. The van der Waals surface area contributed by atoms with Gasteiger partial charge < -0.3 is 34.5 Å². The van der Waals surface area contributed by atoms with E-state index in [1.54, 1.807) is 17.0 Å². The van der Waals surface area contributed by atoms with E-state index < -0.39 is 18.2 Å². The van der Waals surface area contributed by atoms with E-state index in [0.29, 0.717) is 30.5 Å². The van der Waals surface area contributed by atoms with Crippen LogP contribution in [0.5, 0.6) is 23.0 Å². The van der Waals surface area contributed by atoms with Crippen LogP contribution in [0.1, 0.15) is 11.1 Å². The lowest BCUT2D eigenvalue weighted by atomic mass is 10.1. The number of hydrogen-bond donors (Lipinski definition) is 2. The minimum atomic E-state index is -0.874. The normalized spacial score (nSPS) is 13.1. The standard InChI is InChI=1S/C26H29F2N5O5/c1-16-10-17(4-5-20(16)38-15-23(34)33-8-6-29-7-9-33)32-26-30-12-18(13-31-26)37-14-19-24(27)21(35-2)11-22(36-3)25(19)28/h4-5,10-13,29H,6-9,14-15H2,1-3H3,(H,30,31,32). The number of anilines is 2. The number of amides is 1. The van der Waals surface area contributed by atoms with E-state index in [1.165, 1.54) is 26.6 Å². The van der Waals surface area contributed by atoms with E-state index in [-0.39, 0.29) is 35.3 Å². The molecule has 1 saturated heterocycles. The first kappa shape index (κ1) is 26.9. The van der Waals surface area contributed by atoms with Gasteiger partial charge in [-0.3, -0.25) is 4.79 Å². The number of benzene rings is 2. The summed E-state index contributed by atoms with van der Waals surface area (Å²) in [6.45, 7) is 4.37. The maximum atomic E-state index is 14.5. The Balaban J connectivity index is 1.33. The summed E-state index contributed by atoms with van der Waals surface area (Å²) in [5, 5.41) is 6.28. The van der Waals surface area contributed by atoms with E-state index in [0.717, 1.165) is 24.7 Å². The highest BCUT2D eigenvalue weighted by Crippen LogP contribution is 2.32. The van der Waals surface area contributed by atoms with Gasteiger partial charge in [0.2, 0.25) is 5.95 Å². The molecule has 0 radical (unpaired) electrons. The van der Waals surface area contributed by atoms with Crippen LogP contribution in [0.15, 0.2) is 36.7 Å². The molecule has 3 aromatic rings. The first-order valence-corrected chi connectivity index (χ1v) is 11.9. The molecule has 2 N–H and O–H groups in total. The van der Waals surface area contributed by atoms with Crippen LogP contribution in [0.25, 0.3) is 0 Å². The number of halogens is 2. The van der Waals surface area contributed by atoms with Gasteiger partial charge >= 0.3 is 0 Å². The Morgan fingerprint density at radius 1 is 1.00 bits per heavy atom. The molecule has 0 aliphatic carbocycles. The van der Waals surface area contributed by atoms with Crippen molar-refractivity contribution in [2.45, 2.75) is 13.5 Å². The van der Waals surface area contributed by atoms with Gasteiger partial charge in [0, 0.05) is 37.9 Å². The molecule has 2 aromatic carbocycles. The molecule has 1 aliphatic rings. The van der Waals surface area contributed by atoms with E-state index >= 15 is 0 Å². The topological polar surface area (TPSA) is 107 Å². The van der Waals surface area contributed by atoms with Gasteiger partial charge in [-0.1, -0.05) is 0 Å². The first-order valence-electron chi connectivity index (χ1n) is 11.9. The van der Waals surface area contributed by atoms with Crippen molar-refractivity contribution in [2.24, 2.45) is 0 Å². The van der Waals surface area contributed by atoms with Crippen molar-refractivity contribution in [1.82, 2.24) is 20.2 Å². The first-order chi connectivity index (χ1) is 18.4. The van der Waals surface area contributed by atoms with Crippen LogP contribution in [-0.4, -0.2) is 67.8 Å². The van der Waals surface area contributed by atoms with Crippen LogP contribution >= 0.6 is 0 Å². The maximum absolute atomic E-state index is 14.5. The second-order valence-corrected chi connectivity index (χ2v) is 8.44. The number of aromatic nitrogens is 2. The zero-order chi connectivity index (χ0) is 27.1. The molecule has 0 unspecified atom stereocenters. The number of piperazine rings is 1. The van der Waals surface area contributed by atoms with Crippen molar-refractivity contribution in [1.29, 1.82) is 0 Å². The number of nitrogens with zero attached hydrogens (tertiary/aromatic N) is 3. The number of aryl methyl sites for hydroxylation is 1. The summed E-state index contributed by atoms with van der Waals surface area (Å²) in [6.07, 6.45) is 2.77. The number of carbonyl (C=O) groups is 1. The highest BCUT2D eigenvalue weighted by molar-refractivity contribution is 5.78. The van der Waals surface area contributed by atoms with Gasteiger partial charge in [0.15, 0.2) is 35.5 Å². The molecule has 1 aliphatic heterocycles. The predicted molar refractivity (Wildman–Crippen MR) is 135 cm³/mol. The van der Waals surface area contributed by atoms with Gasteiger partial charge in [-0.2, -0.15) is 0 Å². The smallest absolute Gasteiger partial charge is 0.260 e. The Labute approximate surface area is 218 Å². The third-order valence-electron chi connectivity index (χ3n) is 5.93. The van der Waals surface area contributed by atoms with Crippen LogP contribution in [-0.2, 0) is 11.4 Å². The lowest BCUT2D eigenvalue weighted by Gasteiger charge is -2.27. The highest BCUT2D eigenvalue weighted by Gasteiger charge is 2.21. The fourth-order valence-corrected chi connectivity index (χ4v) is 3.84. The average molecular weight is 530 g/mol. The molecule has 12 heteroatoms. The summed E-state index contributed by atoms with van der Waals surface area (Å²) in [6, 6.07) is 6.53. The lowest BCUT2D eigenvalue weighted by Crippen LogP contribution is -2.47. The van der Waals surface area contributed by atoms with Crippen LogP contribution in [0, 0.1) is 18.6 Å². The largest absolute Gasteiger partial charge is 0.494 e. The number of rotatable bonds is 10. The van der Waals surface area contributed by atoms with E-state index in [2.05, 4.69) is 20.6 Å². The average Bonchev–Trinajstić information content (AvgIpc) is 2.94. The van der Waals surface area contributed by atoms with Crippen LogP contribution < -0.4 is 29.6 Å². The summed E-state index contributed by atoms with van der Waals surface area (Å²) in [7, 11) is 2.55. The van der Waals surface area contributed by atoms with Crippen molar-refractivity contribution in [3.05, 3.63) is 59.4 Å². The SMILES string of the molecule is COc1cc(OC)c(F)c(COc2cnc(Nc3ccc(OCC(=O)N4CCNCC4)c(C)c3)nc2)c1F. The monoisotopic (exact) mass is 529 g/mol. The van der Waals surface area contributed by atoms with Gasteiger partial charge in [-0.05, 0) is 30.7 Å². The van der Waals surface area contributed by atoms with E-state index in [1.807, 2.05) is 13.0 Å². The summed E-state index contributed by atoms with van der Waals surface area (Å²) in [5.74, 6) is -0.991. The molecule has 0 bridgehead atoms. The Morgan fingerprint density at radius 3 is 2.26 bits per heavy atom. The van der Waals surface area contributed by atoms with Crippen molar-refractivity contribution in [3.8, 4) is 23.0 Å². The minimum Gasteiger partial charge on any atom is -0.494 e. The van der Waals surface area contributed by atoms with Crippen LogP contribution in [0.3, 0.4) is 0 Å². The summed E-state index contributed by atoms with van der Waals surface area (Å²) >= 11 is 0. The lowest BCUT2D eigenvalue weighted by molar-refractivity contribution is -0.133. The summed E-state index contributed by atoms with van der Waals surface area (Å²) in [5.41, 5.74) is 1.21. The maximum Gasteiger partial charge on any atom is 0.260 e. The summed E-state index contributed by atoms with van der Waals surface area (Å²) in [4.78, 5) is 22.5. The fraction of sp³-hybridized carbons (Fsp3) is 0.346. The fourth-order valence-electron chi connectivity index (χ4n) is 3.84. The molecule has 1 fully saturated rings. The second kappa shape index (κ2) is 12.4. The predicted octanol–water partition coefficient (Wildman–Crippen LogP) is 3.21. The number of nitrogens with one attached hydrogen (secondary N) is 2. The van der Waals surface area contributed by atoms with E-state index in [4.69, 9.17) is 18.9 Å². The van der Waals surface area contributed by atoms with Crippen molar-refractivity contribution in [3.63, 3.8) is 0 Å². The minimum absolute atomic E-state index is 0.0193. The number of ether oxygens (including phenoxy) is 4. The molecule has 10 nitrogen and oxygen atoms in total. The number of methoxy groups -OCH3 is 2. The third kappa shape index (κ3) is 6.38. The van der Waals surface area contributed by atoms with E-state index in [9.17, 15) is 13.6 Å². The molecule has 1 amide bonds. The van der Waals surface area contributed by atoms with Gasteiger partial charge in [0.05, 0.1) is 32.2 Å². The number of carbonyl (C=O) groups excluding carboxylic acids is 1. The quantitative estimate of drug-likeness (QED) is 0.409.